The number of rotatable bonds is 5. The third-order valence-corrected chi connectivity index (χ3v) is 3.13. The second-order valence-electron chi connectivity index (χ2n) is 5.00. The minimum absolute atomic E-state index is 0.0553. The Hall–Kier alpha value is -1.03. The predicted molar refractivity (Wildman–Crippen MR) is 61.6 cm³/mol. The first-order chi connectivity index (χ1) is 7.54. The lowest BCUT2D eigenvalue weighted by Gasteiger charge is -2.04. The van der Waals surface area contributed by atoms with E-state index in [0.29, 0.717) is 11.9 Å². The number of hydrogen-bond acceptors (Lipinski definition) is 4. The van der Waals surface area contributed by atoms with Crippen LogP contribution in [0.15, 0.2) is 4.42 Å². The van der Waals surface area contributed by atoms with Gasteiger partial charge in [-0.2, -0.15) is 0 Å². The number of oxazole rings is 1. The van der Waals surface area contributed by atoms with Crippen LogP contribution in [0.25, 0.3) is 0 Å². The molecule has 2 rings (SSSR count). The molecule has 0 amide bonds. The molecular formula is C12H20N2O2. The van der Waals surface area contributed by atoms with Crippen LogP contribution in [0, 0.1) is 0 Å². The second kappa shape index (κ2) is 4.09. The summed E-state index contributed by atoms with van der Waals surface area (Å²) in [6.07, 6.45) is 4.01. The van der Waals surface area contributed by atoms with Crippen molar-refractivity contribution < 1.29 is 9.15 Å². The van der Waals surface area contributed by atoms with Crippen molar-refractivity contribution in [2.24, 2.45) is 5.73 Å². The Bertz CT molecular complexity index is 367. The van der Waals surface area contributed by atoms with Crippen LogP contribution in [0.3, 0.4) is 0 Å². The summed E-state index contributed by atoms with van der Waals surface area (Å²) < 4.78 is 10.7. The van der Waals surface area contributed by atoms with Gasteiger partial charge in [0.15, 0.2) is 5.89 Å². The number of methoxy groups -OCH3 is 1. The molecule has 1 fully saturated rings. The lowest BCUT2D eigenvalue weighted by Crippen LogP contribution is -2.22. The van der Waals surface area contributed by atoms with Crippen LogP contribution < -0.4 is 10.5 Å². The summed E-state index contributed by atoms with van der Waals surface area (Å²) in [7, 11) is 1.61. The van der Waals surface area contributed by atoms with Gasteiger partial charge in [0, 0.05) is 17.9 Å². The van der Waals surface area contributed by atoms with Crippen molar-refractivity contribution in [3.8, 4) is 5.95 Å². The van der Waals surface area contributed by atoms with Crippen LogP contribution in [0.5, 0.6) is 5.95 Å². The third kappa shape index (κ3) is 2.38. The molecule has 2 N–H and O–H groups in total. The molecule has 1 saturated carbocycles. The van der Waals surface area contributed by atoms with E-state index in [4.69, 9.17) is 14.9 Å². The molecule has 0 spiro atoms. The quantitative estimate of drug-likeness (QED) is 0.833. The molecule has 0 radical (unpaired) electrons. The zero-order valence-corrected chi connectivity index (χ0v) is 10.2. The molecule has 0 aromatic carbocycles. The van der Waals surface area contributed by atoms with E-state index >= 15 is 0 Å². The molecule has 4 heteroatoms. The first kappa shape index (κ1) is 11.5. The monoisotopic (exact) mass is 224 g/mol. The van der Waals surface area contributed by atoms with Crippen molar-refractivity contribution in [2.75, 3.05) is 7.11 Å². The zero-order valence-electron chi connectivity index (χ0n) is 10.2. The number of nitrogens with zero attached hydrogens (tertiary/aromatic N) is 1. The topological polar surface area (TPSA) is 61.3 Å². The Morgan fingerprint density at radius 1 is 1.50 bits per heavy atom. The third-order valence-electron chi connectivity index (χ3n) is 3.13. The Morgan fingerprint density at radius 3 is 2.62 bits per heavy atom. The fourth-order valence-electron chi connectivity index (χ4n) is 1.75. The summed E-state index contributed by atoms with van der Waals surface area (Å²) in [5, 5.41) is 0. The van der Waals surface area contributed by atoms with E-state index in [1.165, 1.54) is 0 Å². The van der Waals surface area contributed by atoms with Gasteiger partial charge < -0.3 is 14.9 Å². The van der Waals surface area contributed by atoms with Crippen molar-refractivity contribution >= 4 is 0 Å². The van der Waals surface area contributed by atoms with Gasteiger partial charge >= 0.3 is 5.95 Å². The smallest absolute Gasteiger partial charge is 0.308 e. The summed E-state index contributed by atoms with van der Waals surface area (Å²) in [5.41, 5.74) is 6.99. The Labute approximate surface area is 96.2 Å². The first-order valence-corrected chi connectivity index (χ1v) is 5.86. The molecule has 4 nitrogen and oxygen atoms in total. The van der Waals surface area contributed by atoms with Gasteiger partial charge in [-0.3, -0.25) is 0 Å². The number of nitrogens with two attached hydrogens (primary N) is 1. The zero-order chi connectivity index (χ0) is 11.8. The molecule has 1 aromatic heterocycles. The van der Waals surface area contributed by atoms with Crippen molar-refractivity contribution in [3.05, 3.63) is 11.6 Å². The van der Waals surface area contributed by atoms with Crippen molar-refractivity contribution in [3.63, 3.8) is 0 Å². The molecule has 0 saturated heterocycles. The van der Waals surface area contributed by atoms with Crippen molar-refractivity contribution in [2.45, 2.75) is 51.0 Å². The van der Waals surface area contributed by atoms with Crippen LogP contribution >= 0.6 is 0 Å². The van der Waals surface area contributed by atoms with Crippen LogP contribution in [0.1, 0.15) is 50.6 Å². The largest absolute Gasteiger partial charge is 0.467 e. The lowest BCUT2D eigenvalue weighted by atomic mass is 10.1. The lowest BCUT2D eigenvalue weighted by molar-refractivity contribution is 0.287. The SMILES string of the molecule is COc1oc(CCC2(N)CC2)nc1C(C)C. The molecule has 90 valence electrons. The number of hydrogen-bond donors (Lipinski definition) is 1. The molecule has 1 aliphatic carbocycles. The summed E-state index contributed by atoms with van der Waals surface area (Å²) in [6.45, 7) is 4.16. The fourth-order valence-corrected chi connectivity index (χ4v) is 1.75. The van der Waals surface area contributed by atoms with Crippen LogP contribution in [0.4, 0.5) is 0 Å². The van der Waals surface area contributed by atoms with Crippen LogP contribution in [0.2, 0.25) is 0 Å². The minimum Gasteiger partial charge on any atom is -0.467 e. The molecule has 0 unspecified atom stereocenters. The first-order valence-electron chi connectivity index (χ1n) is 5.86. The molecule has 0 atom stereocenters. The average molecular weight is 224 g/mol. The summed E-state index contributed by atoms with van der Waals surface area (Å²) in [6, 6.07) is 0. The highest BCUT2D eigenvalue weighted by molar-refractivity contribution is 5.20. The van der Waals surface area contributed by atoms with E-state index in [0.717, 1.165) is 37.3 Å². The van der Waals surface area contributed by atoms with Gasteiger partial charge in [-0.25, -0.2) is 4.98 Å². The maximum absolute atomic E-state index is 6.03. The molecular weight excluding hydrogens is 204 g/mol. The molecule has 1 aliphatic rings. The van der Waals surface area contributed by atoms with Crippen molar-refractivity contribution in [1.82, 2.24) is 4.98 Å². The molecule has 1 aromatic rings. The normalized spacial score (nSPS) is 17.8. The number of aryl methyl sites for hydroxylation is 1. The molecule has 0 aliphatic heterocycles. The number of aromatic nitrogens is 1. The fraction of sp³-hybridized carbons (Fsp3) is 0.750. The van der Waals surface area contributed by atoms with Crippen LogP contribution in [-0.4, -0.2) is 17.6 Å². The maximum Gasteiger partial charge on any atom is 0.308 e. The van der Waals surface area contributed by atoms with E-state index < -0.39 is 0 Å². The average Bonchev–Trinajstić information content (AvgIpc) is 2.82. The van der Waals surface area contributed by atoms with Crippen molar-refractivity contribution in [1.29, 1.82) is 0 Å². The Kier molecular flexibility index (Phi) is 2.93. The van der Waals surface area contributed by atoms with Gasteiger partial charge in [-0.15, -0.1) is 0 Å². The van der Waals surface area contributed by atoms with E-state index in [1.807, 2.05) is 0 Å². The Morgan fingerprint density at radius 2 is 2.19 bits per heavy atom. The molecule has 1 heterocycles. The van der Waals surface area contributed by atoms with E-state index in [-0.39, 0.29) is 5.54 Å². The van der Waals surface area contributed by atoms with E-state index in [9.17, 15) is 0 Å². The van der Waals surface area contributed by atoms with Gasteiger partial charge in [0.2, 0.25) is 0 Å². The summed E-state index contributed by atoms with van der Waals surface area (Å²) >= 11 is 0. The minimum atomic E-state index is 0.0553. The van der Waals surface area contributed by atoms with E-state index in [2.05, 4.69) is 18.8 Å². The second-order valence-corrected chi connectivity index (χ2v) is 5.00. The van der Waals surface area contributed by atoms with E-state index in [1.54, 1.807) is 7.11 Å². The van der Waals surface area contributed by atoms with Gasteiger partial charge in [0.1, 0.15) is 5.69 Å². The molecule has 0 bridgehead atoms. The maximum atomic E-state index is 6.03. The highest BCUT2D eigenvalue weighted by Gasteiger charge is 2.37. The highest BCUT2D eigenvalue weighted by Crippen LogP contribution is 2.37. The molecule has 16 heavy (non-hydrogen) atoms. The predicted octanol–water partition coefficient (Wildman–Crippen LogP) is 2.23. The number of ether oxygens (including phenoxy) is 1. The van der Waals surface area contributed by atoms with Crippen LogP contribution in [-0.2, 0) is 6.42 Å². The van der Waals surface area contributed by atoms with Gasteiger partial charge in [0.05, 0.1) is 7.11 Å². The highest BCUT2D eigenvalue weighted by atomic mass is 16.6. The van der Waals surface area contributed by atoms with Gasteiger partial charge in [-0.1, -0.05) is 13.8 Å². The summed E-state index contributed by atoms with van der Waals surface area (Å²) in [4.78, 5) is 4.46. The van der Waals surface area contributed by atoms with Gasteiger partial charge in [-0.05, 0) is 19.3 Å². The van der Waals surface area contributed by atoms with Gasteiger partial charge in [0.25, 0.3) is 0 Å². The Balaban J connectivity index is 2.03. The summed E-state index contributed by atoms with van der Waals surface area (Å²) in [5.74, 6) is 1.62. The standard InChI is InChI=1S/C12H20N2O2/c1-8(2)10-11(15-3)16-9(14-10)4-5-12(13)6-7-12/h8H,4-7,13H2,1-3H3.